The van der Waals surface area contributed by atoms with Crippen LogP contribution in [0.2, 0.25) is 5.02 Å². The molecule has 10 heteroatoms. The SMILES string of the molecule is CNC(=O)CC1OC2(CCN(Cc3cnn(CCS(C)(=O)=O)c3)CC2)c2cc(Cl)ccc21. The third kappa shape index (κ3) is 5.17. The molecule has 32 heavy (non-hydrogen) atoms. The molecule has 2 aromatic rings. The van der Waals surface area contributed by atoms with Gasteiger partial charge in [0, 0.05) is 49.7 Å². The lowest BCUT2D eigenvalue weighted by Crippen LogP contribution is -2.42. The van der Waals surface area contributed by atoms with E-state index >= 15 is 0 Å². The van der Waals surface area contributed by atoms with Gasteiger partial charge in [-0.05, 0) is 36.1 Å². The number of sulfone groups is 1. The summed E-state index contributed by atoms with van der Waals surface area (Å²) in [6.07, 6.45) is 6.60. The lowest BCUT2D eigenvalue weighted by atomic mass is 9.83. The van der Waals surface area contributed by atoms with Crippen LogP contribution in [0.3, 0.4) is 0 Å². The monoisotopic (exact) mass is 480 g/mol. The average Bonchev–Trinajstić information content (AvgIpc) is 3.30. The molecule has 4 rings (SSSR count). The molecule has 2 aliphatic rings. The number of ether oxygens (including phenoxy) is 1. The predicted octanol–water partition coefficient (Wildman–Crippen LogP) is 2.28. The summed E-state index contributed by atoms with van der Waals surface area (Å²) >= 11 is 6.31. The Kier molecular flexibility index (Phi) is 6.63. The molecule has 0 aliphatic carbocycles. The van der Waals surface area contributed by atoms with Gasteiger partial charge in [0.05, 0.1) is 36.6 Å². The first-order valence-corrected chi connectivity index (χ1v) is 13.2. The highest BCUT2D eigenvalue weighted by Gasteiger charge is 2.47. The van der Waals surface area contributed by atoms with E-state index in [2.05, 4.69) is 15.3 Å². The van der Waals surface area contributed by atoms with E-state index in [1.54, 1.807) is 17.9 Å². The molecule has 1 amide bonds. The maximum absolute atomic E-state index is 12.0. The number of piperidine rings is 1. The first kappa shape index (κ1) is 23.2. The van der Waals surface area contributed by atoms with E-state index in [0.29, 0.717) is 18.0 Å². The molecule has 174 valence electrons. The van der Waals surface area contributed by atoms with Crippen molar-refractivity contribution in [1.29, 1.82) is 0 Å². The second kappa shape index (κ2) is 9.13. The highest BCUT2D eigenvalue weighted by Crippen LogP contribution is 2.51. The molecule has 1 aromatic heterocycles. The summed E-state index contributed by atoms with van der Waals surface area (Å²) in [6.45, 7) is 2.79. The number of halogens is 1. The Balaban J connectivity index is 1.41. The fourth-order valence-electron chi connectivity index (χ4n) is 4.61. The van der Waals surface area contributed by atoms with Crippen LogP contribution < -0.4 is 5.32 Å². The first-order valence-electron chi connectivity index (χ1n) is 10.8. The smallest absolute Gasteiger partial charge is 0.222 e. The van der Waals surface area contributed by atoms with Gasteiger partial charge in [0.25, 0.3) is 0 Å². The normalized spacial score (nSPS) is 20.4. The van der Waals surface area contributed by atoms with Crippen molar-refractivity contribution in [2.24, 2.45) is 0 Å². The molecule has 0 bridgehead atoms. The molecule has 0 radical (unpaired) electrons. The van der Waals surface area contributed by atoms with Gasteiger partial charge in [-0.2, -0.15) is 5.10 Å². The summed E-state index contributed by atoms with van der Waals surface area (Å²) in [4.78, 5) is 14.4. The molecule has 0 saturated carbocycles. The van der Waals surface area contributed by atoms with Crippen LogP contribution in [0.4, 0.5) is 0 Å². The number of rotatable bonds is 7. The van der Waals surface area contributed by atoms with Gasteiger partial charge in [0.15, 0.2) is 0 Å². The molecule has 1 atom stereocenters. The van der Waals surface area contributed by atoms with Crippen molar-refractivity contribution in [3.05, 3.63) is 52.3 Å². The maximum atomic E-state index is 12.0. The number of aromatic nitrogens is 2. The van der Waals surface area contributed by atoms with Crippen LogP contribution in [0.1, 0.15) is 42.1 Å². The van der Waals surface area contributed by atoms with Gasteiger partial charge in [-0.1, -0.05) is 17.7 Å². The second-order valence-electron chi connectivity index (χ2n) is 8.73. The van der Waals surface area contributed by atoms with Crippen LogP contribution in [0.5, 0.6) is 0 Å². The van der Waals surface area contributed by atoms with Gasteiger partial charge in [0.2, 0.25) is 5.91 Å². The maximum Gasteiger partial charge on any atom is 0.222 e. The Morgan fingerprint density at radius 2 is 2.09 bits per heavy atom. The van der Waals surface area contributed by atoms with Gasteiger partial charge in [-0.25, -0.2) is 8.42 Å². The number of hydrogen-bond acceptors (Lipinski definition) is 6. The Morgan fingerprint density at radius 1 is 1.34 bits per heavy atom. The van der Waals surface area contributed by atoms with Gasteiger partial charge in [0.1, 0.15) is 9.84 Å². The van der Waals surface area contributed by atoms with E-state index in [9.17, 15) is 13.2 Å². The molecule has 2 aliphatic heterocycles. The van der Waals surface area contributed by atoms with Crippen LogP contribution in [0.15, 0.2) is 30.6 Å². The zero-order valence-corrected chi connectivity index (χ0v) is 20.0. The van der Waals surface area contributed by atoms with E-state index in [-0.39, 0.29) is 17.8 Å². The summed E-state index contributed by atoms with van der Waals surface area (Å²) in [5.41, 5.74) is 2.79. The molecule has 1 saturated heterocycles. The minimum Gasteiger partial charge on any atom is -0.362 e. The summed E-state index contributed by atoms with van der Waals surface area (Å²) in [7, 11) is -1.38. The molecule has 8 nitrogen and oxygen atoms in total. The van der Waals surface area contributed by atoms with E-state index in [1.807, 2.05) is 24.4 Å². The van der Waals surface area contributed by atoms with Crippen molar-refractivity contribution in [3.63, 3.8) is 0 Å². The van der Waals surface area contributed by atoms with Crippen LogP contribution >= 0.6 is 11.6 Å². The lowest BCUT2D eigenvalue weighted by molar-refractivity contribution is -0.134. The summed E-state index contributed by atoms with van der Waals surface area (Å²) in [6, 6.07) is 5.83. The Bertz CT molecular complexity index is 1090. The van der Waals surface area contributed by atoms with Gasteiger partial charge in [-0.3, -0.25) is 14.4 Å². The molecular formula is C22H29ClN4O4S. The lowest BCUT2D eigenvalue weighted by Gasteiger charge is -2.39. The minimum absolute atomic E-state index is 0.0433. The number of fused-ring (bicyclic) bond motifs is 2. The third-order valence-corrected chi connectivity index (χ3v) is 7.48. The number of carbonyl (C=O) groups is 1. The molecular weight excluding hydrogens is 452 g/mol. The van der Waals surface area contributed by atoms with Crippen molar-refractivity contribution in [2.45, 2.75) is 44.1 Å². The topological polar surface area (TPSA) is 93.5 Å². The van der Waals surface area contributed by atoms with Crippen molar-refractivity contribution < 1.29 is 17.9 Å². The van der Waals surface area contributed by atoms with Gasteiger partial charge in [-0.15, -0.1) is 0 Å². The first-order chi connectivity index (χ1) is 15.2. The van der Waals surface area contributed by atoms with Crippen LogP contribution in [0, 0.1) is 0 Å². The Hall–Kier alpha value is -1.94. The summed E-state index contributed by atoms with van der Waals surface area (Å²) < 4.78 is 31.0. The predicted molar refractivity (Wildman–Crippen MR) is 122 cm³/mol. The van der Waals surface area contributed by atoms with E-state index in [1.165, 1.54) is 6.26 Å². The zero-order valence-electron chi connectivity index (χ0n) is 18.4. The highest BCUT2D eigenvalue weighted by atomic mass is 35.5. The number of nitrogens with one attached hydrogen (secondary N) is 1. The molecule has 3 heterocycles. The number of hydrogen-bond donors (Lipinski definition) is 1. The molecule has 1 unspecified atom stereocenters. The van der Waals surface area contributed by atoms with Crippen LogP contribution in [-0.4, -0.2) is 61.2 Å². The number of benzene rings is 1. The molecule has 1 spiro atoms. The molecule has 1 N–H and O–H groups in total. The number of aryl methyl sites for hydroxylation is 1. The summed E-state index contributed by atoms with van der Waals surface area (Å²) in [5, 5.41) is 7.65. The number of nitrogens with zero attached hydrogens (tertiary/aromatic N) is 3. The number of amides is 1. The van der Waals surface area contributed by atoms with Crippen LogP contribution in [0.25, 0.3) is 0 Å². The van der Waals surface area contributed by atoms with Crippen LogP contribution in [-0.2, 0) is 38.1 Å². The Morgan fingerprint density at radius 3 is 2.78 bits per heavy atom. The quantitative estimate of drug-likeness (QED) is 0.653. The standard InChI is InChI=1S/C22H29ClN4O4S/c1-24-21(28)12-20-18-4-3-17(23)11-19(18)22(31-20)5-7-26(8-6-22)14-16-13-25-27(15-16)9-10-32(2,29)30/h3-4,11,13,15,20H,5-10,12,14H2,1-2H3,(H,24,28). The molecule has 1 fully saturated rings. The van der Waals surface area contributed by atoms with Crippen molar-refractivity contribution in [1.82, 2.24) is 20.0 Å². The summed E-state index contributed by atoms with van der Waals surface area (Å²) in [5.74, 6) is 0.0370. The van der Waals surface area contributed by atoms with Crippen molar-refractivity contribution >= 4 is 27.3 Å². The van der Waals surface area contributed by atoms with Gasteiger partial charge < -0.3 is 10.1 Å². The number of carbonyl (C=O) groups excluding carboxylic acids is 1. The third-order valence-electron chi connectivity index (χ3n) is 6.32. The average molecular weight is 481 g/mol. The van der Waals surface area contributed by atoms with E-state index in [0.717, 1.165) is 49.2 Å². The minimum atomic E-state index is -3.01. The van der Waals surface area contributed by atoms with Gasteiger partial charge >= 0.3 is 0 Å². The second-order valence-corrected chi connectivity index (χ2v) is 11.4. The zero-order chi connectivity index (χ0) is 22.9. The van der Waals surface area contributed by atoms with E-state index in [4.69, 9.17) is 16.3 Å². The molecule has 1 aromatic carbocycles. The largest absolute Gasteiger partial charge is 0.362 e. The Labute approximate surface area is 193 Å². The highest BCUT2D eigenvalue weighted by molar-refractivity contribution is 7.90. The van der Waals surface area contributed by atoms with Crippen molar-refractivity contribution in [2.75, 3.05) is 32.1 Å². The fourth-order valence-corrected chi connectivity index (χ4v) is 5.30. The fraction of sp³-hybridized carbons (Fsp3) is 0.545. The van der Waals surface area contributed by atoms with E-state index < -0.39 is 15.4 Å². The number of likely N-dealkylation sites (tertiary alicyclic amines) is 1. The van der Waals surface area contributed by atoms with Crippen molar-refractivity contribution in [3.8, 4) is 0 Å².